The fraction of sp³-hybridized carbons (Fsp3) is 0.467. The molecule has 1 heterocycles. The summed E-state index contributed by atoms with van der Waals surface area (Å²) in [5, 5.41) is 3.77. The highest BCUT2D eigenvalue weighted by molar-refractivity contribution is 5.54. The van der Waals surface area contributed by atoms with Crippen LogP contribution in [0.2, 0.25) is 0 Å². The SMILES string of the molecule is NC(Cc1nc(-c2cc(F)cc(F)c2)no1)C1CCCC1. The highest BCUT2D eigenvalue weighted by Crippen LogP contribution is 2.28. The summed E-state index contributed by atoms with van der Waals surface area (Å²) in [4.78, 5) is 4.18. The summed E-state index contributed by atoms with van der Waals surface area (Å²) in [5.41, 5.74) is 6.42. The number of benzene rings is 1. The Balaban J connectivity index is 1.73. The van der Waals surface area contributed by atoms with Crippen molar-refractivity contribution in [1.29, 1.82) is 0 Å². The molecule has 0 radical (unpaired) electrons. The minimum absolute atomic E-state index is 0.00922. The standard InChI is InChI=1S/C15H17F2N3O/c16-11-5-10(6-12(17)7-11)15-19-14(21-20-15)8-13(18)9-3-1-2-4-9/h5-7,9,13H,1-4,8,18H2. The van der Waals surface area contributed by atoms with Gasteiger partial charge >= 0.3 is 0 Å². The summed E-state index contributed by atoms with van der Waals surface area (Å²) in [7, 11) is 0. The third kappa shape index (κ3) is 3.26. The van der Waals surface area contributed by atoms with Crippen molar-refractivity contribution >= 4 is 0 Å². The molecule has 1 aliphatic rings. The second-order valence-electron chi connectivity index (χ2n) is 5.58. The molecule has 112 valence electrons. The highest BCUT2D eigenvalue weighted by Gasteiger charge is 2.24. The molecule has 1 unspecified atom stereocenters. The molecule has 1 aromatic heterocycles. The van der Waals surface area contributed by atoms with Gasteiger partial charge in [-0.15, -0.1) is 0 Å². The van der Waals surface area contributed by atoms with Crippen molar-refractivity contribution in [3.8, 4) is 11.4 Å². The summed E-state index contributed by atoms with van der Waals surface area (Å²) < 4.78 is 31.5. The first-order valence-electron chi connectivity index (χ1n) is 7.16. The lowest BCUT2D eigenvalue weighted by atomic mass is 9.96. The third-order valence-electron chi connectivity index (χ3n) is 4.00. The molecule has 1 saturated carbocycles. The van der Waals surface area contributed by atoms with Gasteiger partial charge in [0.2, 0.25) is 11.7 Å². The average molecular weight is 293 g/mol. The van der Waals surface area contributed by atoms with E-state index in [1.165, 1.54) is 25.0 Å². The van der Waals surface area contributed by atoms with Gasteiger partial charge in [0.05, 0.1) is 0 Å². The predicted octanol–water partition coefficient (Wildman–Crippen LogP) is 3.07. The highest BCUT2D eigenvalue weighted by atomic mass is 19.1. The van der Waals surface area contributed by atoms with Crippen LogP contribution >= 0.6 is 0 Å². The molecule has 0 bridgehead atoms. The monoisotopic (exact) mass is 293 g/mol. The number of nitrogens with two attached hydrogens (primary N) is 1. The molecular formula is C15H17F2N3O. The summed E-state index contributed by atoms with van der Waals surface area (Å²) in [6, 6.07) is 3.15. The van der Waals surface area contributed by atoms with E-state index in [4.69, 9.17) is 10.3 Å². The van der Waals surface area contributed by atoms with Crippen LogP contribution in [-0.4, -0.2) is 16.2 Å². The van der Waals surface area contributed by atoms with Crippen molar-refractivity contribution in [2.45, 2.75) is 38.1 Å². The van der Waals surface area contributed by atoms with Crippen LogP contribution in [0.25, 0.3) is 11.4 Å². The zero-order valence-corrected chi connectivity index (χ0v) is 11.6. The lowest BCUT2D eigenvalue weighted by molar-refractivity contribution is 0.341. The van der Waals surface area contributed by atoms with Crippen LogP contribution in [0.5, 0.6) is 0 Å². The van der Waals surface area contributed by atoms with Crippen molar-refractivity contribution in [3.05, 3.63) is 35.7 Å². The molecule has 1 fully saturated rings. The van der Waals surface area contributed by atoms with E-state index < -0.39 is 11.6 Å². The maximum absolute atomic E-state index is 13.2. The Labute approximate surface area is 121 Å². The molecule has 3 rings (SSSR count). The lowest BCUT2D eigenvalue weighted by Crippen LogP contribution is -2.30. The maximum Gasteiger partial charge on any atom is 0.228 e. The summed E-state index contributed by atoms with van der Waals surface area (Å²) in [5.74, 6) is -0.249. The van der Waals surface area contributed by atoms with Gasteiger partial charge in [0, 0.05) is 24.1 Å². The van der Waals surface area contributed by atoms with Crippen molar-refractivity contribution in [2.24, 2.45) is 11.7 Å². The van der Waals surface area contributed by atoms with Gasteiger partial charge in [-0.1, -0.05) is 18.0 Å². The third-order valence-corrected chi connectivity index (χ3v) is 4.00. The van der Waals surface area contributed by atoms with Crippen LogP contribution in [0.15, 0.2) is 22.7 Å². The smallest absolute Gasteiger partial charge is 0.228 e. The Bertz CT molecular complexity index is 603. The fourth-order valence-corrected chi connectivity index (χ4v) is 2.89. The fourth-order valence-electron chi connectivity index (χ4n) is 2.89. The molecule has 2 N–H and O–H groups in total. The molecule has 21 heavy (non-hydrogen) atoms. The minimum Gasteiger partial charge on any atom is -0.339 e. The molecule has 6 heteroatoms. The van der Waals surface area contributed by atoms with Crippen molar-refractivity contribution < 1.29 is 13.3 Å². The maximum atomic E-state index is 13.2. The molecule has 0 saturated heterocycles. The van der Waals surface area contributed by atoms with E-state index in [0.717, 1.165) is 18.9 Å². The number of rotatable bonds is 4. The van der Waals surface area contributed by atoms with Crippen molar-refractivity contribution in [1.82, 2.24) is 10.1 Å². The van der Waals surface area contributed by atoms with Gasteiger partial charge in [-0.2, -0.15) is 4.98 Å². The predicted molar refractivity (Wildman–Crippen MR) is 73.3 cm³/mol. The van der Waals surface area contributed by atoms with Crippen LogP contribution < -0.4 is 5.73 Å². The van der Waals surface area contributed by atoms with E-state index in [0.29, 0.717) is 18.2 Å². The number of hydrogen-bond acceptors (Lipinski definition) is 4. The zero-order chi connectivity index (χ0) is 14.8. The molecule has 1 aromatic carbocycles. The van der Waals surface area contributed by atoms with E-state index >= 15 is 0 Å². The van der Waals surface area contributed by atoms with Gasteiger partial charge in [0.1, 0.15) is 11.6 Å². The number of halogens is 2. The van der Waals surface area contributed by atoms with Gasteiger partial charge in [0.25, 0.3) is 0 Å². The van der Waals surface area contributed by atoms with Crippen LogP contribution in [0, 0.1) is 17.6 Å². The van der Waals surface area contributed by atoms with Crippen LogP contribution in [-0.2, 0) is 6.42 Å². The Kier molecular flexibility index (Phi) is 3.96. The van der Waals surface area contributed by atoms with E-state index in [1.807, 2.05) is 0 Å². The zero-order valence-electron chi connectivity index (χ0n) is 11.6. The molecular weight excluding hydrogens is 276 g/mol. The molecule has 0 spiro atoms. The lowest BCUT2D eigenvalue weighted by Gasteiger charge is -2.16. The topological polar surface area (TPSA) is 64.9 Å². The normalized spacial score (nSPS) is 17.3. The summed E-state index contributed by atoms with van der Waals surface area (Å²) in [6.07, 6.45) is 5.20. The summed E-state index contributed by atoms with van der Waals surface area (Å²) >= 11 is 0. The molecule has 1 atom stereocenters. The Morgan fingerprint density at radius 3 is 2.52 bits per heavy atom. The number of hydrogen-bond donors (Lipinski definition) is 1. The van der Waals surface area contributed by atoms with E-state index in [9.17, 15) is 8.78 Å². The van der Waals surface area contributed by atoms with E-state index in [1.54, 1.807) is 0 Å². The Morgan fingerprint density at radius 1 is 1.19 bits per heavy atom. The minimum atomic E-state index is -0.668. The average Bonchev–Trinajstić information content (AvgIpc) is 3.08. The first-order valence-corrected chi connectivity index (χ1v) is 7.16. The van der Waals surface area contributed by atoms with E-state index in [-0.39, 0.29) is 17.4 Å². The number of aromatic nitrogens is 2. The van der Waals surface area contributed by atoms with Crippen LogP contribution in [0.3, 0.4) is 0 Å². The molecule has 0 amide bonds. The van der Waals surface area contributed by atoms with Gasteiger partial charge in [-0.05, 0) is 30.9 Å². The Hall–Kier alpha value is -1.82. The summed E-state index contributed by atoms with van der Waals surface area (Å²) in [6.45, 7) is 0. The second-order valence-corrected chi connectivity index (χ2v) is 5.58. The first kappa shape index (κ1) is 14.1. The molecule has 1 aliphatic carbocycles. The first-order chi connectivity index (χ1) is 10.1. The van der Waals surface area contributed by atoms with E-state index in [2.05, 4.69) is 10.1 Å². The Morgan fingerprint density at radius 2 is 1.86 bits per heavy atom. The van der Waals surface area contributed by atoms with Crippen LogP contribution in [0.4, 0.5) is 8.78 Å². The van der Waals surface area contributed by atoms with Crippen molar-refractivity contribution in [2.75, 3.05) is 0 Å². The molecule has 2 aromatic rings. The van der Waals surface area contributed by atoms with Crippen molar-refractivity contribution in [3.63, 3.8) is 0 Å². The largest absolute Gasteiger partial charge is 0.339 e. The van der Waals surface area contributed by atoms with Gasteiger partial charge in [0.15, 0.2) is 0 Å². The second kappa shape index (κ2) is 5.89. The number of nitrogens with zero attached hydrogens (tertiary/aromatic N) is 2. The van der Waals surface area contributed by atoms with Crippen LogP contribution in [0.1, 0.15) is 31.6 Å². The van der Waals surface area contributed by atoms with Gasteiger partial charge < -0.3 is 10.3 Å². The molecule has 0 aliphatic heterocycles. The molecule has 4 nitrogen and oxygen atoms in total. The van der Waals surface area contributed by atoms with Gasteiger partial charge in [-0.25, -0.2) is 8.78 Å². The quantitative estimate of drug-likeness (QED) is 0.941. The van der Waals surface area contributed by atoms with Gasteiger partial charge in [-0.3, -0.25) is 0 Å².